The molecule has 2 aromatic heterocycles. The largest absolute Gasteiger partial charge is 0.384 e. The average Bonchev–Trinajstić information content (AvgIpc) is 3.01. The Morgan fingerprint density at radius 2 is 2.13 bits per heavy atom. The minimum Gasteiger partial charge on any atom is -0.384 e. The SMILES string of the molecule is CN(C)C1CCN(c2ncc(Sc3ccc(N)nc3)c(Cl)n2)C1. The van der Waals surface area contributed by atoms with Crippen LogP contribution in [0.25, 0.3) is 0 Å². The van der Waals surface area contributed by atoms with E-state index in [0.717, 1.165) is 29.3 Å². The lowest BCUT2D eigenvalue weighted by atomic mass is 10.2. The van der Waals surface area contributed by atoms with E-state index in [1.807, 2.05) is 6.07 Å². The number of aromatic nitrogens is 3. The molecule has 0 aromatic carbocycles. The molecule has 1 atom stereocenters. The molecule has 6 nitrogen and oxygen atoms in total. The molecule has 1 aliphatic heterocycles. The number of hydrogen-bond acceptors (Lipinski definition) is 7. The number of hydrogen-bond donors (Lipinski definition) is 1. The molecule has 8 heteroatoms. The molecule has 0 bridgehead atoms. The standard InChI is InChI=1S/C15H19ClN6S/c1-21(2)10-5-6-22(9-10)15-19-8-12(14(16)20-15)23-11-3-4-13(17)18-7-11/h3-4,7-8,10H,5-6,9H2,1-2H3,(H2,17,18). The van der Waals surface area contributed by atoms with Crippen molar-refractivity contribution in [2.24, 2.45) is 0 Å². The van der Waals surface area contributed by atoms with Crippen LogP contribution >= 0.6 is 23.4 Å². The maximum atomic E-state index is 6.33. The van der Waals surface area contributed by atoms with Gasteiger partial charge in [0.15, 0.2) is 0 Å². The summed E-state index contributed by atoms with van der Waals surface area (Å²) < 4.78 is 0. The third-order valence-electron chi connectivity index (χ3n) is 3.86. The van der Waals surface area contributed by atoms with E-state index in [1.165, 1.54) is 11.8 Å². The second kappa shape index (κ2) is 6.90. The van der Waals surface area contributed by atoms with Crippen LogP contribution in [0.5, 0.6) is 0 Å². The minimum atomic E-state index is 0.463. The minimum absolute atomic E-state index is 0.463. The lowest BCUT2D eigenvalue weighted by Gasteiger charge is -2.20. The summed E-state index contributed by atoms with van der Waals surface area (Å²) in [4.78, 5) is 19.2. The van der Waals surface area contributed by atoms with Crippen LogP contribution in [0.1, 0.15) is 6.42 Å². The highest BCUT2D eigenvalue weighted by molar-refractivity contribution is 7.99. The Kier molecular flexibility index (Phi) is 4.89. The highest BCUT2D eigenvalue weighted by atomic mass is 35.5. The molecule has 0 saturated carbocycles. The molecule has 23 heavy (non-hydrogen) atoms. The van der Waals surface area contributed by atoms with Crippen LogP contribution in [-0.2, 0) is 0 Å². The molecule has 2 aromatic rings. The van der Waals surface area contributed by atoms with Crippen LogP contribution < -0.4 is 10.6 Å². The topological polar surface area (TPSA) is 71.2 Å². The smallest absolute Gasteiger partial charge is 0.226 e. The molecule has 122 valence electrons. The van der Waals surface area contributed by atoms with Gasteiger partial charge in [-0.2, -0.15) is 4.98 Å². The van der Waals surface area contributed by atoms with Crippen molar-refractivity contribution in [1.82, 2.24) is 19.9 Å². The van der Waals surface area contributed by atoms with Gasteiger partial charge in [0.05, 0.1) is 4.90 Å². The van der Waals surface area contributed by atoms with Crippen molar-refractivity contribution in [2.75, 3.05) is 37.8 Å². The van der Waals surface area contributed by atoms with Crippen LogP contribution in [0.15, 0.2) is 34.3 Å². The van der Waals surface area contributed by atoms with Gasteiger partial charge in [-0.15, -0.1) is 0 Å². The zero-order chi connectivity index (χ0) is 16.4. The Morgan fingerprint density at radius 1 is 1.30 bits per heavy atom. The van der Waals surface area contributed by atoms with E-state index in [-0.39, 0.29) is 0 Å². The molecule has 1 unspecified atom stereocenters. The van der Waals surface area contributed by atoms with Crippen LogP contribution in [0.3, 0.4) is 0 Å². The van der Waals surface area contributed by atoms with Gasteiger partial charge < -0.3 is 15.5 Å². The fraction of sp³-hybridized carbons (Fsp3) is 0.400. The zero-order valence-corrected chi connectivity index (χ0v) is 14.7. The van der Waals surface area contributed by atoms with E-state index in [2.05, 4.69) is 38.8 Å². The lowest BCUT2D eigenvalue weighted by molar-refractivity contribution is 0.315. The number of nitrogens with zero attached hydrogens (tertiary/aromatic N) is 5. The first-order valence-electron chi connectivity index (χ1n) is 7.36. The molecular formula is C15H19ClN6S. The number of nitrogens with two attached hydrogens (primary N) is 1. The van der Waals surface area contributed by atoms with Gasteiger partial charge in [-0.25, -0.2) is 9.97 Å². The number of pyridine rings is 1. The van der Waals surface area contributed by atoms with Gasteiger partial charge in [-0.1, -0.05) is 23.4 Å². The van der Waals surface area contributed by atoms with Gasteiger partial charge in [0, 0.05) is 36.4 Å². The van der Waals surface area contributed by atoms with E-state index < -0.39 is 0 Å². The van der Waals surface area contributed by atoms with Crippen molar-refractivity contribution >= 4 is 35.1 Å². The predicted molar refractivity (Wildman–Crippen MR) is 94.1 cm³/mol. The fourth-order valence-electron chi connectivity index (χ4n) is 2.49. The monoisotopic (exact) mass is 350 g/mol. The molecule has 0 aliphatic carbocycles. The summed E-state index contributed by atoms with van der Waals surface area (Å²) >= 11 is 7.81. The third kappa shape index (κ3) is 3.85. The summed E-state index contributed by atoms with van der Waals surface area (Å²) in [6, 6.07) is 4.20. The van der Waals surface area contributed by atoms with Crippen molar-refractivity contribution < 1.29 is 0 Å². The molecule has 0 spiro atoms. The zero-order valence-electron chi connectivity index (χ0n) is 13.1. The summed E-state index contributed by atoms with van der Waals surface area (Å²) in [7, 11) is 4.20. The Morgan fingerprint density at radius 3 is 2.74 bits per heavy atom. The van der Waals surface area contributed by atoms with Crippen LogP contribution in [0, 0.1) is 0 Å². The van der Waals surface area contributed by atoms with Gasteiger partial charge in [0.1, 0.15) is 11.0 Å². The Labute approximate surface area is 145 Å². The number of halogens is 1. The van der Waals surface area contributed by atoms with Gasteiger partial charge in [-0.3, -0.25) is 0 Å². The summed E-state index contributed by atoms with van der Waals surface area (Å²) in [5.74, 6) is 1.19. The van der Waals surface area contributed by atoms with Crippen LogP contribution in [0.2, 0.25) is 5.15 Å². The predicted octanol–water partition coefficient (Wildman–Crippen LogP) is 2.40. The van der Waals surface area contributed by atoms with Crippen molar-refractivity contribution in [3.63, 3.8) is 0 Å². The van der Waals surface area contributed by atoms with Gasteiger partial charge in [0.25, 0.3) is 0 Å². The van der Waals surface area contributed by atoms with E-state index in [1.54, 1.807) is 18.5 Å². The molecule has 1 saturated heterocycles. The van der Waals surface area contributed by atoms with Crippen molar-refractivity contribution in [2.45, 2.75) is 22.3 Å². The first-order chi connectivity index (χ1) is 11.0. The van der Waals surface area contributed by atoms with E-state index in [4.69, 9.17) is 17.3 Å². The Hall–Kier alpha value is -1.57. The average molecular weight is 351 g/mol. The fourth-order valence-corrected chi connectivity index (χ4v) is 3.46. The molecule has 2 N–H and O–H groups in total. The molecule has 3 rings (SSSR count). The highest BCUT2D eigenvalue weighted by Gasteiger charge is 2.26. The highest BCUT2D eigenvalue weighted by Crippen LogP contribution is 2.32. The Balaban J connectivity index is 1.72. The Bertz CT molecular complexity index is 678. The molecule has 1 fully saturated rings. The van der Waals surface area contributed by atoms with Crippen molar-refractivity contribution in [1.29, 1.82) is 0 Å². The van der Waals surface area contributed by atoms with E-state index >= 15 is 0 Å². The lowest BCUT2D eigenvalue weighted by Crippen LogP contribution is -2.32. The van der Waals surface area contributed by atoms with Crippen molar-refractivity contribution in [3.05, 3.63) is 29.7 Å². The second-order valence-corrected chi connectivity index (χ2v) is 7.17. The maximum absolute atomic E-state index is 6.33. The number of anilines is 2. The van der Waals surface area contributed by atoms with Crippen LogP contribution in [-0.4, -0.2) is 53.1 Å². The summed E-state index contributed by atoms with van der Waals surface area (Å²) in [6.45, 7) is 1.88. The molecule has 0 amide bonds. The van der Waals surface area contributed by atoms with Crippen LogP contribution in [0.4, 0.5) is 11.8 Å². The van der Waals surface area contributed by atoms with E-state index in [0.29, 0.717) is 23.0 Å². The number of nitrogen functional groups attached to an aromatic ring is 1. The summed E-state index contributed by atoms with van der Waals surface area (Å²) in [5, 5.41) is 0.463. The molecule has 3 heterocycles. The first-order valence-corrected chi connectivity index (χ1v) is 8.55. The van der Waals surface area contributed by atoms with E-state index in [9.17, 15) is 0 Å². The third-order valence-corrected chi connectivity index (χ3v) is 5.26. The second-order valence-electron chi connectivity index (χ2n) is 5.70. The van der Waals surface area contributed by atoms with Gasteiger partial charge >= 0.3 is 0 Å². The maximum Gasteiger partial charge on any atom is 0.226 e. The number of likely N-dealkylation sites (N-methyl/N-ethyl adjacent to an activating group) is 1. The molecule has 1 aliphatic rings. The van der Waals surface area contributed by atoms with Gasteiger partial charge in [0.2, 0.25) is 5.95 Å². The molecular weight excluding hydrogens is 332 g/mol. The van der Waals surface area contributed by atoms with Gasteiger partial charge in [-0.05, 0) is 32.6 Å². The quantitative estimate of drug-likeness (QED) is 0.849. The summed E-state index contributed by atoms with van der Waals surface area (Å²) in [5.41, 5.74) is 5.59. The summed E-state index contributed by atoms with van der Waals surface area (Å²) in [6.07, 6.45) is 4.60. The molecule has 0 radical (unpaired) electrons. The van der Waals surface area contributed by atoms with Crippen molar-refractivity contribution in [3.8, 4) is 0 Å². The normalized spacial score (nSPS) is 17.9. The number of rotatable bonds is 4. The first kappa shape index (κ1) is 16.3.